The van der Waals surface area contributed by atoms with Gasteiger partial charge in [0.25, 0.3) is 0 Å². The van der Waals surface area contributed by atoms with Crippen LogP contribution in [0.5, 0.6) is 5.75 Å². The first-order chi connectivity index (χ1) is 9.85. The largest absolute Gasteiger partial charge is 0.489 e. The van der Waals surface area contributed by atoms with E-state index in [-0.39, 0.29) is 5.54 Å². The monoisotopic (exact) mass is 353 g/mol. The van der Waals surface area contributed by atoms with E-state index in [9.17, 15) is 0 Å². The van der Waals surface area contributed by atoms with Crippen LogP contribution in [0.15, 0.2) is 22.7 Å². The van der Waals surface area contributed by atoms with Crippen LogP contribution in [0.2, 0.25) is 0 Å². The summed E-state index contributed by atoms with van der Waals surface area (Å²) < 4.78 is 7.41. The molecule has 1 aromatic rings. The second-order valence-corrected chi connectivity index (χ2v) is 8.19. The molecule has 0 aromatic heterocycles. The van der Waals surface area contributed by atoms with Gasteiger partial charge in [-0.2, -0.15) is 0 Å². The van der Waals surface area contributed by atoms with Crippen LogP contribution in [-0.4, -0.2) is 11.6 Å². The summed E-state index contributed by atoms with van der Waals surface area (Å²) in [6.07, 6.45) is 5.28. The maximum absolute atomic E-state index is 6.34. The molecule has 3 heteroatoms. The van der Waals surface area contributed by atoms with E-state index in [1.807, 2.05) is 0 Å². The molecule has 2 nitrogen and oxygen atoms in total. The third-order valence-electron chi connectivity index (χ3n) is 4.11. The number of rotatable bonds is 4. The van der Waals surface area contributed by atoms with E-state index in [2.05, 4.69) is 67.1 Å². The number of benzene rings is 1. The fourth-order valence-corrected chi connectivity index (χ4v) is 3.20. The normalized spacial score (nSPS) is 23.1. The molecule has 0 radical (unpaired) electrons. The molecule has 21 heavy (non-hydrogen) atoms. The molecule has 0 atom stereocenters. The molecule has 0 saturated heterocycles. The Labute approximate surface area is 137 Å². The van der Waals surface area contributed by atoms with Gasteiger partial charge in [0, 0.05) is 17.6 Å². The average molecular weight is 354 g/mol. The van der Waals surface area contributed by atoms with Crippen LogP contribution < -0.4 is 10.1 Å². The highest BCUT2D eigenvalue weighted by Gasteiger charge is 2.22. The number of hydrogen-bond donors (Lipinski definition) is 1. The van der Waals surface area contributed by atoms with Crippen molar-refractivity contribution in [1.29, 1.82) is 0 Å². The summed E-state index contributed by atoms with van der Waals surface area (Å²) in [5.74, 6) is 1.87. The first-order valence-electron chi connectivity index (χ1n) is 8.04. The van der Waals surface area contributed by atoms with Crippen LogP contribution in [0.25, 0.3) is 0 Å². The van der Waals surface area contributed by atoms with Crippen molar-refractivity contribution in [3.63, 3.8) is 0 Å². The van der Waals surface area contributed by atoms with Gasteiger partial charge in [-0.05, 0) is 74.4 Å². The molecule has 0 unspecified atom stereocenters. The Kier molecular flexibility index (Phi) is 5.73. The number of halogens is 1. The predicted octanol–water partition coefficient (Wildman–Crippen LogP) is 5.29. The highest BCUT2D eigenvalue weighted by molar-refractivity contribution is 9.10. The molecule has 1 aliphatic carbocycles. The Bertz CT molecular complexity index is 459. The number of ether oxygens (including phenoxy) is 1. The molecule has 0 spiro atoms. The zero-order chi connectivity index (χ0) is 15.5. The Morgan fingerprint density at radius 1 is 1.19 bits per heavy atom. The Balaban J connectivity index is 2.06. The Morgan fingerprint density at radius 3 is 2.48 bits per heavy atom. The molecule has 1 N–H and O–H groups in total. The lowest BCUT2D eigenvalue weighted by molar-refractivity contribution is 0.133. The van der Waals surface area contributed by atoms with Crippen molar-refractivity contribution in [2.24, 2.45) is 5.92 Å². The molecule has 1 saturated carbocycles. The van der Waals surface area contributed by atoms with Gasteiger partial charge >= 0.3 is 0 Å². The summed E-state index contributed by atoms with van der Waals surface area (Å²) in [5.41, 5.74) is 1.35. The standard InChI is InChI=1S/C18H28BrNO/c1-13-8-10-15(11-9-13)21-17-14(6-5-7-16(17)19)12-20-18(2,3)4/h5-7,13,15,20H,8-12H2,1-4H3. The first kappa shape index (κ1) is 16.8. The molecule has 2 rings (SSSR count). The Hall–Kier alpha value is -0.540. The SMILES string of the molecule is CC1CCC(Oc2c(Br)cccc2CNC(C)(C)C)CC1. The fourth-order valence-electron chi connectivity index (χ4n) is 2.70. The molecule has 0 amide bonds. The van der Waals surface area contributed by atoms with E-state index in [1.54, 1.807) is 0 Å². The zero-order valence-corrected chi connectivity index (χ0v) is 15.3. The smallest absolute Gasteiger partial charge is 0.138 e. The summed E-state index contributed by atoms with van der Waals surface area (Å²) in [7, 11) is 0. The lowest BCUT2D eigenvalue weighted by atomic mass is 9.89. The van der Waals surface area contributed by atoms with Gasteiger partial charge in [0.1, 0.15) is 5.75 Å². The van der Waals surface area contributed by atoms with Crippen molar-refractivity contribution in [2.75, 3.05) is 0 Å². The molecular formula is C18H28BrNO. The van der Waals surface area contributed by atoms with Crippen molar-refractivity contribution in [3.8, 4) is 5.75 Å². The van der Waals surface area contributed by atoms with Gasteiger partial charge in [-0.25, -0.2) is 0 Å². The van der Waals surface area contributed by atoms with E-state index in [4.69, 9.17) is 4.74 Å². The quantitative estimate of drug-likeness (QED) is 0.793. The zero-order valence-electron chi connectivity index (χ0n) is 13.7. The number of hydrogen-bond acceptors (Lipinski definition) is 2. The lowest BCUT2D eigenvalue weighted by Crippen LogP contribution is -2.35. The van der Waals surface area contributed by atoms with E-state index < -0.39 is 0 Å². The van der Waals surface area contributed by atoms with Crippen molar-refractivity contribution >= 4 is 15.9 Å². The van der Waals surface area contributed by atoms with Crippen LogP contribution in [0.4, 0.5) is 0 Å². The van der Waals surface area contributed by atoms with Crippen molar-refractivity contribution in [1.82, 2.24) is 5.32 Å². The maximum Gasteiger partial charge on any atom is 0.138 e. The van der Waals surface area contributed by atoms with Crippen LogP contribution >= 0.6 is 15.9 Å². The summed E-state index contributed by atoms with van der Waals surface area (Å²) in [6.45, 7) is 9.74. The van der Waals surface area contributed by atoms with Crippen LogP contribution in [0, 0.1) is 5.92 Å². The average Bonchev–Trinajstić information content (AvgIpc) is 2.41. The van der Waals surface area contributed by atoms with Gasteiger partial charge in [-0.1, -0.05) is 19.1 Å². The molecule has 1 fully saturated rings. The minimum atomic E-state index is 0.111. The molecule has 118 valence electrons. The molecular weight excluding hydrogens is 326 g/mol. The van der Waals surface area contributed by atoms with E-state index in [1.165, 1.54) is 31.2 Å². The van der Waals surface area contributed by atoms with Gasteiger partial charge in [-0.3, -0.25) is 0 Å². The van der Waals surface area contributed by atoms with E-state index in [0.29, 0.717) is 6.10 Å². The predicted molar refractivity (Wildman–Crippen MR) is 92.8 cm³/mol. The molecule has 1 aliphatic rings. The highest BCUT2D eigenvalue weighted by atomic mass is 79.9. The van der Waals surface area contributed by atoms with Gasteiger partial charge < -0.3 is 10.1 Å². The van der Waals surface area contributed by atoms with Gasteiger partial charge in [-0.15, -0.1) is 0 Å². The highest BCUT2D eigenvalue weighted by Crippen LogP contribution is 2.34. The number of para-hydroxylation sites is 1. The van der Waals surface area contributed by atoms with E-state index in [0.717, 1.165) is 22.7 Å². The van der Waals surface area contributed by atoms with Crippen molar-refractivity contribution in [2.45, 2.75) is 71.6 Å². The molecule has 0 bridgehead atoms. The van der Waals surface area contributed by atoms with Crippen LogP contribution in [0.1, 0.15) is 58.9 Å². The fraction of sp³-hybridized carbons (Fsp3) is 0.667. The van der Waals surface area contributed by atoms with Gasteiger partial charge in [0.05, 0.1) is 10.6 Å². The third-order valence-corrected chi connectivity index (χ3v) is 4.73. The maximum atomic E-state index is 6.34. The second-order valence-electron chi connectivity index (χ2n) is 7.33. The third kappa shape index (κ3) is 5.30. The topological polar surface area (TPSA) is 21.3 Å². The van der Waals surface area contributed by atoms with Crippen LogP contribution in [-0.2, 0) is 6.54 Å². The minimum Gasteiger partial charge on any atom is -0.489 e. The van der Waals surface area contributed by atoms with Crippen molar-refractivity contribution in [3.05, 3.63) is 28.2 Å². The molecule has 1 aromatic carbocycles. The Morgan fingerprint density at radius 2 is 1.86 bits per heavy atom. The summed E-state index contributed by atoms with van der Waals surface area (Å²) in [4.78, 5) is 0. The second kappa shape index (κ2) is 7.15. The summed E-state index contributed by atoms with van der Waals surface area (Å²) in [5, 5.41) is 3.55. The summed E-state index contributed by atoms with van der Waals surface area (Å²) in [6, 6.07) is 6.31. The minimum absolute atomic E-state index is 0.111. The number of nitrogens with one attached hydrogen (secondary N) is 1. The molecule has 0 aliphatic heterocycles. The van der Waals surface area contributed by atoms with Crippen molar-refractivity contribution < 1.29 is 4.74 Å². The lowest BCUT2D eigenvalue weighted by Gasteiger charge is -2.29. The van der Waals surface area contributed by atoms with Crippen LogP contribution in [0.3, 0.4) is 0 Å². The summed E-state index contributed by atoms with van der Waals surface area (Å²) >= 11 is 3.65. The van der Waals surface area contributed by atoms with Gasteiger partial charge in [0.2, 0.25) is 0 Å². The first-order valence-corrected chi connectivity index (χ1v) is 8.83. The molecule has 0 heterocycles. The van der Waals surface area contributed by atoms with E-state index >= 15 is 0 Å². The van der Waals surface area contributed by atoms with Gasteiger partial charge in [0.15, 0.2) is 0 Å².